The zero-order valence-corrected chi connectivity index (χ0v) is 8.69. The number of carbonyl (C=O) groups is 1. The summed E-state index contributed by atoms with van der Waals surface area (Å²) in [6.07, 6.45) is 2.17. The number of anilines is 1. The quantitative estimate of drug-likeness (QED) is 0.830. The molecule has 1 aromatic rings. The molecule has 1 aliphatic rings. The van der Waals surface area contributed by atoms with Gasteiger partial charge in [0.15, 0.2) is 0 Å². The Hall–Kier alpha value is -1.84. The number of carboxylic acid groups (broad SMARTS) is 1. The molecule has 0 atom stereocenters. The predicted molar refractivity (Wildman–Crippen MR) is 58.9 cm³/mol. The van der Waals surface area contributed by atoms with Gasteiger partial charge in [-0.1, -0.05) is 12.1 Å². The molecule has 3 nitrogen and oxygen atoms in total. The van der Waals surface area contributed by atoms with Gasteiger partial charge in [0.1, 0.15) is 5.82 Å². The van der Waals surface area contributed by atoms with Crippen LogP contribution < -0.4 is 4.90 Å². The summed E-state index contributed by atoms with van der Waals surface area (Å²) < 4.78 is 13.0. The van der Waals surface area contributed by atoms with Crippen LogP contribution in [0.4, 0.5) is 10.1 Å². The summed E-state index contributed by atoms with van der Waals surface area (Å²) >= 11 is 0. The zero-order valence-electron chi connectivity index (χ0n) is 8.69. The van der Waals surface area contributed by atoms with E-state index >= 15 is 0 Å². The summed E-state index contributed by atoms with van der Waals surface area (Å²) in [5, 5.41) is 8.79. The van der Waals surface area contributed by atoms with Gasteiger partial charge in [0.2, 0.25) is 0 Å². The maximum Gasteiger partial charge on any atom is 0.331 e. The third kappa shape index (κ3) is 2.21. The number of carboxylic acids is 1. The molecule has 1 aromatic carbocycles. The highest BCUT2D eigenvalue weighted by Gasteiger charge is 2.16. The van der Waals surface area contributed by atoms with E-state index in [0.717, 1.165) is 5.69 Å². The van der Waals surface area contributed by atoms with Crippen LogP contribution in [0.15, 0.2) is 35.9 Å². The van der Waals surface area contributed by atoms with Crippen LogP contribution in [0.3, 0.4) is 0 Å². The van der Waals surface area contributed by atoms with Crippen LogP contribution in [-0.4, -0.2) is 24.2 Å². The topological polar surface area (TPSA) is 40.5 Å². The summed E-state index contributed by atoms with van der Waals surface area (Å²) in [7, 11) is 0. The molecule has 0 fully saturated rings. The average Bonchev–Trinajstić information content (AvgIpc) is 2.29. The molecule has 1 N–H and O–H groups in total. The summed E-state index contributed by atoms with van der Waals surface area (Å²) in [6.45, 7) is 1.13. The fraction of sp³-hybridized carbons (Fsp3) is 0.250. The highest BCUT2D eigenvalue weighted by molar-refractivity contribution is 5.87. The summed E-state index contributed by atoms with van der Waals surface area (Å²) in [5.41, 5.74) is 1.23. The van der Waals surface area contributed by atoms with E-state index in [-0.39, 0.29) is 5.82 Å². The minimum absolute atomic E-state index is 0.273. The first-order chi connectivity index (χ1) is 7.66. The third-order valence-corrected chi connectivity index (χ3v) is 2.66. The van der Waals surface area contributed by atoms with Gasteiger partial charge in [-0.05, 0) is 24.6 Å². The largest absolute Gasteiger partial charge is 0.478 e. The Morgan fingerprint density at radius 3 is 2.81 bits per heavy atom. The van der Waals surface area contributed by atoms with Crippen molar-refractivity contribution in [3.8, 4) is 0 Å². The van der Waals surface area contributed by atoms with E-state index in [4.69, 9.17) is 5.11 Å². The van der Waals surface area contributed by atoms with E-state index in [1.165, 1.54) is 12.1 Å². The monoisotopic (exact) mass is 221 g/mol. The minimum Gasteiger partial charge on any atom is -0.478 e. The first kappa shape index (κ1) is 10.7. The van der Waals surface area contributed by atoms with Crippen LogP contribution in [0.5, 0.6) is 0 Å². The predicted octanol–water partition coefficient (Wildman–Crippen LogP) is 2.05. The van der Waals surface area contributed by atoms with Crippen LogP contribution in [0.1, 0.15) is 6.42 Å². The third-order valence-electron chi connectivity index (χ3n) is 2.66. The second kappa shape index (κ2) is 4.35. The zero-order chi connectivity index (χ0) is 11.5. The number of aliphatic carboxylic acids is 1. The Labute approximate surface area is 92.8 Å². The number of halogens is 1. The molecule has 4 heteroatoms. The van der Waals surface area contributed by atoms with Crippen molar-refractivity contribution in [1.29, 1.82) is 0 Å². The van der Waals surface area contributed by atoms with E-state index in [9.17, 15) is 9.18 Å². The smallest absolute Gasteiger partial charge is 0.331 e. The number of nitrogens with zero attached hydrogens (tertiary/aromatic N) is 1. The molecular formula is C12H12FNO2. The van der Waals surface area contributed by atoms with Gasteiger partial charge in [-0.3, -0.25) is 0 Å². The van der Waals surface area contributed by atoms with E-state index in [0.29, 0.717) is 25.1 Å². The van der Waals surface area contributed by atoms with Crippen LogP contribution in [0.25, 0.3) is 0 Å². The van der Waals surface area contributed by atoms with Crippen LogP contribution in [-0.2, 0) is 4.79 Å². The first-order valence-corrected chi connectivity index (χ1v) is 5.09. The molecule has 0 amide bonds. The molecule has 1 heterocycles. The van der Waals surface area contributed by atoms with Crippen molar-refractivity contribution < 1.29 is 14.3 Å². The van der Waals surface area contributed by atoms with Gasteiger partial charge >= 0.3 is 5.97 Å². The van der Waals surface area contributed by atoms with Crippen molar-refractivity contribution in [2.24, 2.45) is 0 Å². The number of rotatable bonds is 2. The Morgan fingerprint density at radius 1 is 1.44 bits per heavy atom. The Kier molecular flexibility index (Phi) is 2.90. The minimum atomic E-state index is -0.862. The average molecular weight is 221 g/mol. The second-order valence-electron chi connectivity index (χ2n) is 3.71. The Balaban J connectivity index is 2.12. The molecule has 0 saturated heterocycles. The molecule has 0 aliphatic carbocycles. The molecule has 1 aliphatic heterocycles. The number of hydrogen-bond donors (Lipinski definition) is 1. The second-order valence-corrected chi connectivity index (χ2v) is 3.71. The van der Waals surface area contributed by atoms with Gasteiger partial charge in [-0.25, -0.2) is 9.18 Å². The van der Waals surface area contributed by atoms with Crippen molar-refractivity contribution in [2.75, 3.05) is 18.0 Å². The molecule has 0 saturated carbocycles. The van der Waals surface area contributed by atoms with Crippen LogP contribution in [0, 0.1) is 5.82 Å². The fourth-order valence-corrected chi connectivity index (χ4v) is 1.77. The molecule has 0 aromatic heterocycles. The fourth-order valence-electron chi connectivity index (χ4n) is 1.77. The van der Waals surface area contributed by atoms with E-state index < -0.39 is 5.97 Å². The lowest BCUT2D eigenvalue weighted by Crippen LogP contribution is -2.30. The molecule has 16 heavy (non-hydrogen) atoms. The van der Waals surface area contributed by atoms with Gasteiger partial charge in [-0.2, -0.15) is 0 Å². The van der Waals surface area contributed by atoms with Crippen molar-refractivity contribution >= 4 is 11.7 Å². The lowest BCUT2D eigenvalue weighted by molar-refractivity contribution is -0.132. The van der Waals surface area contributed by atoms with Crippen molar-refractivity contribution in [2.45, 2.75) is 6.42 Å². The summed E-state index contributed by atoms with van der Waals surface area (Å²) in [5.74, 6) is -1.13. The summed E-state index contributed by atoms with van der Waals surface area (Å²) in [4.78, 5) is 12.7. The standard InChI is InChI=1S/C12H12FNO2/c13-10-2-1-3-11(8-10)14-6-4-9(5-7-14)12(15)16/h1-4,8H,5-7H2,(H,15,16). The molecular weight excluding hydrogens is 209 g/mol. The van der Waals surface area contributed by atoms with Gasteiger partial charge < -0.3 is 10.0 Å². The van der Waals surface area contributed by atoms with E-state index in [1.807, 2.05) is 11.0 Å². The normalized spacial score (nSPS) is 15.8. The molecule has 0 bridgehead atoms. The SMILES string of the molecule is O=C(O)C1=CCN(c2cccc(F)c2)CC1. The van der Waals surface area contributed by atoms with Gasteiger partial charge in [0, 0.05) is 24.4 Å². The first-order valence-electron chi connectivity index (χ1n) is 5.09. The summed E-state index contributed by atoms with van der Waals surface area (Å²) in [6, 6.07) is 6.33. The Bertz CT molecular complexity index is 442. The molecule has 0 spiro atoms. The van der Waals surface area contributed by atoms with E-state index in [1.54, 1.807) is 12.1 Å². The maximum atomic E-state index is 13.0. The van der Waals surface area contributed by atoms with Gasteiger partial charge in [-0.15, -0.1) is 0 Å². The lowest BCUT2D eigenvalue weighted by Gasteiger charge is -2.27. The number of benzene rings is 1. The van der Waals surface area contributed by atoms with Gasteiger partial charge in [0.05, 0.1) is 0 Å². The van der Waals surface area contributed by atoms with Crippen molar-refractivity contribution in [3.05, 3.63) is 41.7 Å². The maximum absolute atomic E-state index is 13.0. The van der Waals surface area contributed by atoms with Gasteiger partial charge in [0.25, 0.3) is 0 Å². The lowest BCUT2D eigenvalue weighted by atomic mass is 10.1. The molecule has 84 valence electrons. The van der Waals surface area contributed by atoms with Crippen molar-refractivity contribution in [3.63, 3.8) is 0 Å². The Morgan fingerprint density at radius 2 is 2.25 bits per heavy atom. The van der Waals surface area contributed by atoms with Crippen molar-refractivity contribution in [1.82, 2.24) is 0 Å². The highest BCUT2D eigenvalue weighted by Crippen LogP contribution is 2.20. The van der Waals surface area contributed by atoms with Crippen LogP contribution >= 0.6 is 0 Å². The highest BCUT2D eigenvalue weighted by atomic mass is 19.1. The van der Waals surface area contributed by atoms with Crippen LogP contribution in [0.2, 0.25) is 0 Å². The molecule has 0 unspecified atom stereocenters. The number of hydrogen-bond acceptors (Lipinski definition) is 2. The molecule has 0 radical (unpaired) electrons. The van der Waals surface area contributed by atoms with E-state index in [2.05, 4.69) is 0 Å². The molecule has 2 rings (SSSR count).